The van der Waals surface area contributed by atoms with Gasteiger partial charge in [-0.3, -0.25) is 15.3 Å². The zero-order valence-corrected chi connectivity index (χ0v) is 30.5. The number of ether oxygens (including phenoxy) is 2. The highest BCUT2D eigenvalue weighted by Gasteiger charge is 2.87. The number of nitrogens with two attached hydrogens (primary N) is 2. The van der Waals surface area contributed by atoms with Gasteiger partial charge in [0.25, 0.3) is 5.60 Å². The third kappa shape index (κ3) is 7.67. The molecule has 282 valence electrons. The maximum absolute atomic E-state index is 14.3. The minimum absolute atomic E-state index is 0.00284. The molecule has 2 aliphatic heterocycles. The fourth-order valence-corrected chi connectivity index (χ4v) is 10.9. The summed E-state index contributed by atoms with van der Waals surface area (Å²) in [4.78, 5) is 42.9. The van der Waals surface area contributed by atoms with Crippen LogP contribution >= 0.6 is 0 Å². The van der Waals surface area contributed by atoms with E-state index in [4.69, 9.17) is 15.2 Å². The van der Waals surface area contributed by atoms with Crippen LogP contribution in [-0.4, -0.2) is 82.7 Å². The number of aliphatic hydroxyl groups is 3. The summed E-state index contributed by atoms with van der Waals surface area (Å²) in [6.07, 6.45) is 16.3. The smallest absolute Gasteiger partial charge is 0.350 e. The van der Waals surface area contributed by atoms with E-state index in [9.17, 15) is 29.7 Å². The van der Waals surface area contributed by atoms with Gasteiger partial charge in [0.15, 0.2) is 17.2 Å². The lowest BCUT2D eigenvalue weighted by Crippen LogP contribution is -2.94. The Kier molecular flexibility index (Phi) is 12.6. The average Bonchev–Trinajstić information content (AvgIpc) is 3.85. The Morgan fingerprint density at radius 3 is 2.26 bits per heavy atom. The molecule has 6 rings (SSSR count). The molecule has 6 fully saturated rings. The van der Waals surface area contributed by atoms with Gasteiger partial charge in [-0.2, -0.15) is 0 Å². The van der Waals surface area contributed by atoms with Gasteiger partial charge in [-0.1, -0.05) is 50.5 Å². The van der Waals surface area contributed by atoms with Crippen LogP contribution in [0.1, 0.15) is 129 Å². The molecular formula is C40H65N2O8+. The molecule has 0 spiro atoms. The minimum Gasteiger partial charge on any atom is -0.460 e. The minimum atomic E-state index is -2.02. The van der Waals surface area contributed by atoms with Gasteiger partial charge in [-0.05, 0) is 106 Å². The third-order valence-electron chi connectivity index (χ3n) is 14.1. The summed E-state index contributed by atoms with van der Waals surface area (Å²) >= 11 is 0. The molecule has 0 aromatic carbocycles. The molecule has 50 heavy (non-hydrogen) atoms. The van der Waals surface area contributed by atoms with Gasteiger partial charge < -0.3 is 30.1 Å². The van der Waals surface area contributed by atoms with E-state index in [0.29, 0.717) is 36.2 Å². The van der Waals surface area contributed by atoms with Gasteiger partial charge in [0.2, 0.25) is 0 Å². The summed E-state index contributed by atoms with van der Waals surface area (Å²) in [7, 11) is 0. The molecule has 0 bridgehead atoms. The van der Waals surface area contributed by atoms with Gasteiger partial charge in [0.05, 0.1) is 19.3 Å². The highest BCUT2D eigenvalue weighted by Crippen LogP contribution is 2.62. The largest absolute Gasteiger partial charge is 0.460 e. The van der Waals surface area contributed by atoms with E-state index in [0.717, 1.165) is 95.6 Å². The molecular weight excluding hydrogens is 636 g/mol. The fraction of sp³-hybridized carbons (Fsp3) is 0.875. The van der Waals surface area contributed by atoms with Crippen LogP contribution in [0.15, 0.2) is 11.1 Å². The van der Waals surface area contributed by atoms with Crippen LogP contribution in [0.25, 0.3) is 0 Å². The SMILES string of the molecule is CC(CCC1CC[NH2+]C(N)C1)=C(CO)CC12OC1(C(=O)OCC(O)C(CC1CCCCC1)C1CCC(CO)CC1)C(=O)C1CCCCC1C2=O. The fourth-order valence-electron chi connectivity index (χ4n) is 10.9. The van der Waals surface area contributed by atoms with Crippen LogP contribution in [0.2, 0.25) is 0 Å². The first-order valence-corrected chi connectivity index (χ1v) is 20.3. The average molecular weight is 702 g/mol. The second-order valence-electron chi connectivity index (χ2n) is 17.2. The van der Waals surface area contributed by atoms with Crippen molar-refractivity contribution < 1.29 is 44.5 Å². The molecule has 4 aliphatic carbocycles. The summed E-state index contributed by atoms with van der Waals surface area (Å²) < 4.78 is 12.1. The zero-order chi connectivity index (χ0) is 35.5. The molecule has 6 aliphatic rings. The molecule has 2 heterocycles. The molecule has 7 N–H and O–H groups in total. The highest BCUT2D eigenvalue weighted by atomic mass is 16.7. The number of esters is 1. The molecule has 2 saturated heterocycles. The Labute approximate surface area is 298 Å². The van der Waals surface area contributed by atoms with Crippen LogP contribution in [0.5, 0.6) is 0 Å². The van der Waals surface area contributed by atoms with E-state index < -0.39 is 35.1 Å². The molecule has 10 heteroatoms. The number of Topliss-reactive ketones (excluding diaryl/α,β-unsaturated/α-hetero) is 2. The zero-order valence-electron chi connectivity index (χ0n) is 30.5. The number of rotatable bonds is 14. The van der Waals surface area contributed by atoms with Crippen molar-refractivity contribution >= 4 is 17.5 Å². The van der Waals surface area contributed by atoms with Crippen molar-refractivity contribution in [3.63, 3.8) is 0 Å². The van der Waals surface area contributed by atoms with E-state index >= 15 is 0 Å². The molecule has 4 saturated carbocycles. The lowest BCUT2D eigenvalue weighted by molar-refractivity contribution is -0.699. The van der Waals surface area contributed by atoms with Gasteiger partial charge in [-0.15, -0.1) is 0 Å². The Balaban J connectivity index is 1.19. The first-order chi connectivity index (χ1) is 24.1. The number of piperidine rings is 1. The Bertz CT molecular complexity index is 1240. The van der Waals surface area contributed by atoms with Crippen molar-refractivity contribution in [1.29, 1.82) is 0 Å². The molecule has 0 radical (unpaired) electrons. The first kappa shape index (κ1) is 38.0. The van der Waals surface area contributed by atoms with E-state index in [1.54, 1.807) is 0 Å². The maximum Gasteiger partial charge on any atom is 0.350 e. The van der Waals surface area contributed by atoms with E-state index in [1.165, 1.54) is 19.3 Å². The Morgan fingerprint density at radius 1 is 0.920 bits per heavy atom. The van der Waals surface area contributed by atoms with Crippen LogP contribution in [0, 0.1) is 41.4 Å². The molecule has 10 nitrogen and oxygen atoms in total. The summed E-state index contributed by atoms with van der Waals surface area (Å²) in [6, 6.07) is 0. The molecule has 0 amide bonds. The summed E-state index contributed by atoms with van der Waals surface area (Å²) in [5.74, 6) is -0.899. The number of hydrogen-bond acceptors (Lipinski definition) is 9. The standard InChI is InChI=1S/C40H64N2O8/c1-25(11-12-27-17-18-42-35(41)20-27)30(23-44)21-39-36(46)31-9-5-6-10-32(31)37(47)40(39,50-39)38(48)49-24-34(45)33(19-26-7-3-2-4-8-26)29-15-13-28(22-43)14-16-29/h26-29,31-35,42-45H,2-24,41H2,1H3/p+1. The maximum atomic E-state index is 14.3. The second kappa shape index (κ2) is 16.5. The lowest BCUT2D eigenvalue weighted by Gasteiger charge is -2.39. The number of carbonyl (C=O) groups is 3. The Morgan fingerprint density at radius 2 is 1.60 bits per heavy atom. The monoisotopic (exact) mass is 701 g/mol. The van der Waals surface area contributed by atoms with Gasteiger partial charge in [-0.25, -0.2) is 4.79 Å². The normalized spacial score (nSPS) is 38.0. The lowest BCUT2D eigenvalue weighted by atomic mass is 9.60. The number of hydrogen-bond donors (Lipinski definition) is 5. The van der Waals surface area contributed by atoms with Gasteiger partial charge in [0, 0.05) is 31.3 Å². The number of epoxide rings is 1. The highest BCUT2D eigenvalue weighted by molar-refractivity contribution is 6.23. The number of ketones is 2. The summed E-state index contributed by atoms with van der Waals surface area (Å²) in [5, 5.41) is 34.2. The Hall–Kier alpha value is -1.69. The van der Waals surface area contributed by atoms with Crippen LogP contribution in [0.4, 0.5) is 0 Å². The summed E-state index contributed by atoms with van der Waals surface area (Å²) in [6.45, 7) is 2.64. The second-order valence-corrected chi connectivity index (χ2v) is 17.2. The molecule has 0 aromatic rings. The van der Waals surface area contributed by atoms with Crippen molar-refractivity contribution in [1.82, 2.24) is 0 Å². The van der Waals surface area contributed by atoms with Crippen molar-refractivity contribution in [2.75, 3.05) is 26.4 Å². The number of quaternary nitrogens is 1. The van der Waals surface area contributed by atoms with Crippen molar-refractivity contribution in [2.24, 2.45) is 47.2 Å². The number of fused-ring (bicyclic) bond motifs is 2. The molecule has 0 aromatic heterocycles. The summed E-state index contributed by atoms with van der Waals surface area (Å²) in [5.41, 5.74) is 4.10. The van der Waals surface area contributed by atoms with Crippen LogP contribution < -0.4 is 11.1 Å². The predicted molar refractivity (Wildman–Crippen MR) is 187 cm³/mol. The first-order valence-electron chi connectivity index (χ1n) is 20.3. The van der Waals surface area contributed by atoms with Gasteiger partial charge >= 0.3 is 5.97 Å². The molecule has 8 atom stereocenters. The van der Waals surface area contributed by atoms with E-state index in [1.807, 2.05) is 6.92 Å². The van der Waals surface area contributed by atoms with E-state index in [2.05, 4.69) is 5.32 Å². The number of carbonyl (C=O) groups excluding carboxylic acids is 3. The number of allylic oxidation sites excluding steroid dienone is 1. The van der Waals surface area contributed by atoms with Crippen LogP contribution in [-0.2, 0) is 23.9 Å². The number of aliphatic hydroxyl groups excluding tert-OH is 3. The van der Waals surface area contributed by atoms with Gasteiger partial charge in [0.1, 0.15) is 12.8 Å². The molecule has 8 unspecified atom stereocenters. The van der Waals surface area contributed by atoms with Crippen LogP contribution in [0.3, 0.4) is 0 Å². The quantitative estimate of drug-likeness (QED) is 0.0786. The van der Waals surface area contributed by atoms with Crippen molar-refractivity contribution in [3.05, 3.63) is 11.1 Å². The van der Waals surface area contributed by atoms with Crippen molar-refractivity contribution in [2.45, 2.75) is 152 Å². The van der Waals surface area contributed by atoms with Crippen molar-refractivity contribution in [3.8, 4) is 0 Å². The third-order valence-corrected chi connectivity index (χ3v) is 14.1. The van der Waals surface area contributed by atoms with E-state index in [-0.39, 0.29) is 55.8 Å². The topological polar surface area (TPSA) is 176 Å². The predicted octanol–water partition coefficient (Wildman–Crippen LogP) is 3.48.